The Morgan fingerprint density at radius 2 is 2.00 bits per heavy atom. The van der Waals surface area contributed by atoms with Gasteiger partial charge in [-0.25, -0.2) is 0 Å². The van der Waals surface area contributed by atoms with Gasteiger partial charge in [-0.2, -0.15) is 0 Å². The number of anilines is 1. The lowest BCUT2D eigenvalue weighted by Crippen LogP contribution is -2.51. The molecule has 0 aromatic heterocycles. The SMILES string of the molecule is CC(=O)N1CCN(C(C)Cc2ccc3c(c2)NCC(C)(C)O3)CC1. The van der Waals surface area contributed by atoms with Crippen LogP contribution in [-0.2, 0) is 11.2 Å². The average Bonchev–Trinajstić information content (AvgIpc) is 2.54. The maximum Gasteiger partial charge on any atom is 0.219 e. The van der Waals surface area contributed by atoms with Crippen LogP contribution in [0.3, 0.4) is 0 Å². The van der Waals surface area contributed by atoms with Crippen molar-refractivity contribution in [2.75, 3.05) is 38.0 Å². The predicted molar refractivity (Wildman–Crippen MR) is 96.6 cm³/mol. The lowest BCUT2D eigenvalue weighted by molar-refractivity contribution is -0.130. The van der Waals surface area contributed by atoms with Crippen molar-refractivity contribution in [1.82, 2.24) is 9.80 Å². The van der Waals surface area contributed by atoms with E-state index in [1.165, 1.54) is 5.56 Å². The Hall–Kier alpha value is -1.75. The summed E-state index contributed by atoms with van der Waals surface area (Å²) in [5.74, 6) is 1.13. The Labute approximate surface area is 145 Å². The van der Waals surface area contributed by atoms with Gasteiger partial charge in [-0.1, -0.05) is 6.07 Å². The molecule has 2 heterocycles. The molecule has 0 spiro atoms. The van der Waals surface area contributed by atoms with Gasteiger partial charge >= 0.3 is 0 Å². The summed E-state index contributed by atoms with van der Waals surface area (Å²) in [5.41, 5.74) is 2.27. The van der Waals surface area contributed by atoms with Gasteiger partial charge in [0.2, 0.25) is 5.91 Å². The number of amides is 1. The third-order valence-electron chi connectivity index (χ3n) is 5.05. The number of benzene rings is 1. The number of fused-ring (bicyclic) bond motifs is 1. The summed E-state index contributed by atoms with van der Waals surface area (Å²) in [6.45, 7) is 12.6. The molecule has 0 aliphatic carbocycles. The van der Waals surface area contributed by atoms with E-state index in [9.17, 15) is 4.79 Å². The molecule has 1 aromatic rings. The first-order chi connectivity index (χ1) is 11.3. The van der Waals surface area contributed by atoms with Crippen LogP contribution >= 0.6 is 0 Å². The van der Waals surface area contributed by atoms with Crippen LogP contribution in [-0.4, -0.2) is 60.1 Å². The van der Waals surface area contributed by atoms with Gasteiger partial charge in [0.15, 0.2) is 0 Å². The van der Waals surface area contributed by atoms with Crippen LogP contribution in [0, 0.1) is 0 Å². The summed E-state index contributed by atoms with van der Waals surface area (Å²) in [7, 11) is 0. The van der Waals surface area contributed by atoms with Crippen molar-refractivity contribution in [2.24, 2.45) is 0 Å². The van der Waals surface area contributed by atoms with E-state index in [-0.39, 0.29) is 11.5 Å². The Bertz CT molecular complexity index is 607. The summed E-state index contributed by atoms with van der Waals surface area (Å²) in [6, 6.07) is 6.94. The van der Waals surface area contributed by atoms with E-state index in [4.69, 9.17) is 4.74 Å². The highest BCUT2D eigenvalue weighted by atomic mass is 16.5. The van der Waals surface area contributed by atoms with E-state index in [0.717, 1.165) is 50.6 Å². The summed E-state index contributed by atoms with van der Waals surface area (Å²) < 4.78 is 6.02. The number of nitrogens with one attached hydrogen (secondary N) is 1. The first kappa shape index (κ1) is 17.1. The molecule has 1 aromatic carbocycles. The molecule has 1 N–H and O–H groups in total. The molecule has 132 valence electrons. The molecular weight excluding hydrogens is 302 g/mol. The third kappa shape index (κ3) is 3.83. The molecule has 1 saturated heterocycles. The summed E-state index contributed by atoms with van der Waals surface area (Å²) in [4.78, 5) is 15.9. The van der Waals surface area contributed by atoms with Gasteiger partial charge in [-0.3, -0.25) is 9.69 Å². The Morgan fingerprint density at radius 3 is 2.67 bits per heavy atom. The number of ether oxygens (including phenoxy) is 1. The van der Waals surface area contributed by atoms with Gasteiger partial charge in [0.25, 0.3) is 0 Å². The van der Waals surface area contributed by atoms with Crippen LogP contribution in [0.5, 0.6) is 5.75 Å². The van der Waals surface area contributed by atoms with Crippen molar-refractivity contribution in [3.63, 3.8) is 0 Å². The standard InChI is InChI=1S/C19H29N3O2/c1-14(21-7-9-22(10-8-21)15(2)23)11-16-5-6-18-17(12-16)20-13-19(3,4)24-18/h5-6,12,14,20H,7-11,13H2,1-4H3. The second-order valence-corrected chi connectivity index (χ2v) is 7.64. The summed E-state index contributed by atoms with van der Waals surface area (Å²) in [6.07, 6.45) is 1.01. The maximum atomic E-state index is 11.4. The highest BCUT2D eigenvalue weighted by molar-refractivity contribution is 5.73. The minimum Gasteiger partial charge on any atom is -0.484 e. The van der Waals surface area contributed by atoms with E-state index in [0.29, 0.717) is 6.04 Å². The molecule has 3 rings (SSSR count). The number of hydrogen-bond donors (Lipinski definition) is 1. The minimum absolute atomic E-state index is 0.155. The molecule has 1 atom stereocenters. The van der Waals surface area contributed by atoms with Crippen LogP contribution in [0.2, 0.25) is 0 Å². The van der Waals surface area contributed by atoms with Crippen molar-refractivity contribution < 1.29 is 9.53 Å². The van der Waals surface area contributed by atoms with Crippen molar-refractivity contribution in [3.05, 3.63) is 23.8 Å². The molecule has 2 aliphatic rings. The quantitative estimate of drug-likeness (QED) is 0.923. The zero-order chi connectivity index (χ0) is 17.3. The van der Waals surface area contributed by atoms with E-state index >= 15 is 0 Å². The van der Waals surface area contributed by atoms with E-state index in [1.54, 1.807) is 6.92 Å². The lowest BCUT2D eigenvalue weighted by atomic mass is 10.0. The maximum absolute atomic E-state index is 11.4. The zero-order valence-corrected chi connectivity index (χ0v) is 15.3. The van der Waals surface area contributed by atoms with E-state index in [1.807, 2.05) is 4.90 Å². The number of piperazine rings is 1. The molecule has 2 aliphatic heterocycles. The van der Waals surface area contributed by atoms with Gasteiger partial charge in [0.1, 0.15) is 11.4 Å². The topological polar surface area (TPSA) is 44.8 Å². The highest BCUT2D eigenvalue weighted by Crippen LogP contribution is 2.33. The van der Waals surface area contributed by atoms with Crippen molar-refractivity contribution in [2.45, 2.75) is 45.8 Å². The number of rotatable bonds is 3. The molecule has 5 heteroatoms. The first-order valence-electron chi connectivity index (χ1n) is 8.89. The second kappa shape index (κ2) is 6.63. The lowest BCUT2D eigenvalue weighted by Gasteiger charge is -2.38. The Balaban J connectivity index is 1.59. The molecule has 1 amide bonds. The molecule has 24 heavy (non-hydrogen) atoms. The third-order valence-corrected chi connectivity index (χ3v) is 5.05. The van der Waals surface area contributed by atoms with Gasteiger partial charge in [-0.05, 0) is 44.9 Å². The van der Waals surface area contributed by atoms with Crippen molar-refractivity contribution in [3.8, 4) is 5.75 Å². The summed E-state index contributed by atoms with van der Waals surface area (Å²) in [5, 5.41) is 3.48. The van der Waals surface area contributed by atoms with Crippen molar-refractivity contribution in [1.29, 1.82) is 0 Å². The fraction of sp³-hybridized carbons (Fsp3) is 0.632. The van der Waals surface area contributed by atoms with Gasteiger partial charge < -0.3 is 15.0 Å². The summed E-state index contributed by atoms with van der Waals surface area (Å²) >= 11 is 0. The molecule has 1 unspecified atom stereocenters. The number of carbonyl (C=O) groups is 1. The number of hydrogen-bond acceptors (Lipinski definition) is 4. The van der Waals surface area contributed by atoms with Crippen molar-refractivity contribution >= 4 is 11.6 Å². The van der Waals surface area contributed by atoms with Crippen LogP contribution in [0.4, 0.5) is 5.69 Å². The van der Waals surface area contributed by atoms with Gasteiger partial charge in [-0.15, -0.1) is 0 Å². The number of nitrogens with zero attached hydrogens (tertiary/aromatic N) is 2. The minimum atomic E-state index is -0.155. The van der Waals surface area contributed by atoms with E-state index in [2.05, 4.69) is 49.2 Å². The zero-order valence-electron chi connectivity index (χ0n) is 15.3. The van der Waals surface area contributed by atoms with Gasteiger partial charge in [0.05, 0.1) is 12.2 Å². The first-order valence-corrected chi connectivity index (χ1v) is 8.89. The highest BCUT2D eigenvalue weighted by Gasteiger charge is 2.27. The molecule has 1 fully saturated rings. The fourth-order valence-corrected chi connectivity index (χ4v) is 3.52. The van der Waals surface area contributed by atoms with Crippen LogP contribution < -0.4 is 10.1 Å². The smallest absolute Gasteiger partial charge is 0.219 e. The van der Waals surface area contributed by atoms with Crippen LogP contribution in [0.15, 0.2) is 18.2 Å². The number of carbonyl (C=O) groups excluding carboxylic acids is 1. The largest absolute Gasteiger partial charge is 0.484 e. The van der Waals surface area contributed by atoms with Crippen LogP contribution in [0.25, 0.3) is 0 Å². The molecule has 0 radical (unpaired) electrons. The predicted octanol–water partition coefficient (Wildman–Crippen LogP) is 2.36. The molecule has 0 saturated carbocycles. The Morgan fingerprint density at radius 1 is 1.29 bits per heavy atom. The van der Waals surface area contributed by atoms with Crippen LogP contribution in [0.1, 0.15) is 33.3 Å². The van der Waals surface area contributed by atoms with E-state index < -0.39 is 0 Å². The molecular formula is C19H29N3O2. The van der Waals surface area contributed by atoms with Gasteiger partial charge in [0, 0.05) is 39.1 Å². The Kier molecular flexibility index (Phi) is 4.72. The fourth-order valence-electron chi connectivity index (χ4n) is 3.52. The molecule has 5 nitrogen and oxygen atoms in total. The monoisotopic (exact) mass is 331 g/mol. The second-order valence-electron chi connectivity index (χ2n) is 7.64. The normalized spacial score (nSPS) is 21.4. The average molecular weight is 331 g/mol. The molecule has 0 bridgehead atoms.